The van der Waals surface area contributed by atoms with E-state index in [-0.39, 0.29) is 11.5 Å². The van der Waals surface area contributed by atoms with Crippen LogP contribution in [0.4, 0.5) is 5.69 Å². The molecule has 0 unspecified atom stereocenters. The molecule has 0 aliphatic rings. The van der Waals surface area contributed by atoms with Gasteiger partial charge in [-0.1, -0.05) is 6.07 Å². The lowest BCUT2D eigenvalue weighted by Crippen LogP contribution is -2.13. The molecule has 6 nitrogen and oxygen atoms in total. The van der Waals surface area contributed by atoms with Crippen LogP contribution in [0, 0.1) is 6.92 Å². The fraction of sp³-hybridized carbons (Fsp3) is 0.167. The lowest BCUT2D eigenvalue weighted by Gasteiger charge is -2.06. The van der Waals surface area contributed by atoms with Gasteiger partial charge in [0.25, 0.3) is 0 Å². The number of carboxylic acids is 1. The third kappa shape index (κ3) is 3.27. The van der Waals surface area contributed by atoms with E-state index in [1.54, 1.807) is 12.1 Å². The summed E-state index contributed by atoms with van der Waals surface area (Å²) in [5, 5.41) is 11.6. The number of carbonyl (C=O) groups excluding carboxylic acids is 1. The lowest BCUT2D eigenvalue weighted by atomic mass is 10.2. The molecule has 122 valence electrons. The largest absolute Gasteiger partial charge is 0.478 e. The fourth-order valence-corrected chi connectivity index (χ4v) is 2.62. The Morgan fingerprint density at radius 1 is 1.17 bits per heavy atom. The van der Waals surface area contributed by atoms with Crippen molar-refractivity contribution in [3.8, 4) is 0 Å². The third-order valence-electron chi connectivity index (χ3n) is 3.83. The molecule has 24 heavy (non-hydrogen) atoms. The van der Waals surface area contributed by atoms with Gasteiger partial charge in [0.1, 0.15) is 5.65 Å². The summed E-state index contributed by atoms with van der Waals surface area (Å²) in [7, 11) is 0. The number of nitrogens with one attached hydrogen (secondary N) is 1. The number of rotatable bonds is 5. The van der Waals surface area contributed by atoms with E-state index in [1.165, 1.54) is 12.1 Å². The van der Waals surface area contributed by atoms with Gasteiger partial charge in [0.2, 0.25) is 5.91 Å². The molecular formula is C18H17N3O3. The predicted molar refractivity (Wildman–Crippen MR) is 90.3 cm³/mol. The molecule has 0 saturated heterocycles. The molecule has 0 atom stereocenters. The molecule has 0 radical (unpaired) electrons. The summed E-state index contributed by atoms with van der Waals surface area (Å²) in [5.41, 5.74) is 3.57. The molecule has 1 aromatic carbocycles. The summed E-state index contributed by atoms with van der Waals surface area (Å²) in [4.78, 5) is 27.4. The summed E-state index contributed by atoms with van der Waals surface area (Å²) in [6.07, 6.45) is 2.84. The Morgan fingerprint density at radius 3 is 2.62 bits per heavy atom. The van der Waals surface area contributed by atoms with Gasteiger partial charge in [0.15, 0.2) is 0 Å². The Labute approximate surface area is 138 Å². The molecule has 3 rings (SSSR count). The molecule has 2 heterocycles. The van der Waals surface area contributed by atoms with E-state index in [4.69, 9.17) is 5.11 Å². The van der Waals surface area contributed by atoms with Gasteiger partial charge in [-0.05, 0) is 49.7 Å². The standard InChI is InChI=1S/C18H17N3O3/c1-12-15(21-11-3-2-4-16(21)19-12)9-10-17(22)20-14-7-5-13(6-8-14)18(23)24/h2-8,11H,9-10H2,1H3,(H,20,22)(H,23,24). The zero-order valence-electron chi connectivity index (χ0n) is 13.2. The number of hydrogen-bond donors (Lipinski definition) is 2. The van der Waals surface area contributed by atoms with E-state index in [1.807, 2.05) is 35.7 Å². The number of nitrogens with zero attached hydrogens (tertiary/aromatic N) is 2. The van der Waals surface area contributed by atoms with E-state index in [0.717, 1.165) is 17.0 Å². The van der Waals surface area contributed by atoms with Gasteiger partial charge in [-0.25, -0.2) is 9.78 Å². The zero-order valence-corrected chi connectivity index (χ0v) is 13.2. The minimum absolute atomic E-state index is 0.122. The molecule has 0 spiro atoms. The Bertz CT molecular complexity index is 898. The summed E-state index contributed by atoms with van der Waals surface area (Å²) in [5.74, 6) is -1.11. The first-order chi connectivity index (χ1) is 11.5. The van der Waals surface area contributed by atoms with Crippen molar-refractivity contribution in [3.63, 3.8) is 0 Å². The topological polar surface area (TPSA) is 83.7 Å². The summed E-state index contributed by atoms with van der Waals surface area (Å²) in [6.45, 7) is 1.94. The van der Waals surface area contributed by atoms with Crippen LogP contribution in [-0.4, -0.2) is 26.4 Å². The third-order valence-corrected chi connectivity index (χ3v) is 3.83. The van der Waals surface area contributed by atoms with Crippen LogP contribution in [0.2, 0.25) is 0 Å². The Kier molecular flexibility index (Phi) is 4.29. The number of carboxylic acid groups (broad SMARTS) is 1. The molecule has 0 aliphatic carbocycles. The Hall–Kier alpha value is -3.15. The van der Waals surface area contributed by atoms with Crippen LogP contribution in [0.25, 0.3) is 5.65 Å². The fourth-order valence-electron chi connectivity index (χ4n) is 2.62. The van der Waals surface area contributed by atoms with Gasteiger partial charge in [-0.15, -0.1) is 0 Å². The number of aryl methyl sites for hydroxylation is 2. The number of benzene rings is 1. The van der Waals surface area contributed by atoms with E-state index >= 15 is 0 Å². The summed E-state index contributed by atoms with van der Waals surface area (Å²) >= 11 is 0. The van der Waals surface area contributed by atoms with E-state index in [2.05, 4.69) is 10.3 Å². The van der Waals surface area contributed by atoms with Crippen molar-refractivity contribution >= 4 is 23.2 Å². The number of amides is 1. The van der Waals surface area contributed by atoms with Crippen LogP contribution in [0.15, 0.2) is 48.7 Å². The second-order valence-electron chi connectivity index (χ2n) is 5.50. The molecule has 2 N–H and O–H groups in total. The number of hydrogen-bond acceptors (Lipinski definition) is 3. The average molecular weight is 323 g/mol. The maximum Gasteiger partial charge on any atom is 0.335 e. The molecule has 6 heteroatoms. The van der Waals surface area contributed by atoms with Crippen molar-refractivity contribution in [3.05, 3.63) is 65.6 Å². The molecule has 0 bridgehead atoms. The second-order valence-corrected chi connectivity index (χ2v) is 5.50. The summed E-state index contributed by atoms with van der Waals surface area (Å²) in [6, 6.07) is 11.9. The SMILES string of the molecule is Cc1nc2ccccn2c1CCC(=O)Nc1ccc(C(=O)O)cc1. The first kappa shape index (κ1) is 15.7. The first-order valence-electron chi connectivity index (χ1n) is 7.60. The molecule has 3 aromatic rings. The molecule has 2 aromatic heterocycles. The predicted octanol–water partition coefficient (Wildman–Crippen LogP) is 2.91. The highest BCUT2D eigenvalue weighted by Gasteiger charge is 2.11. The van der Waals surface area contributed by atoms with Crippen LogP contribution in [-0.2, 0) is 11.2 Å². The van der Waals surface area contributed by atoms with Crippen molar-refractivity contribution in [1.29, 1.82) is 0 Å². The molecule has 0 fully saturated rings. The van der Waals surface area contributed by atoms with Crippen LogP contribution in [0.3, 0.4) is 0 Å². The van der Waals surface area contributed by atoms with Crippen LogP contribution in [0.5, 0.6) is 0 Å². The molecule has 0 aliphatic heterocycles. The minimum Gasteiger partial charge on any atom is -0.478 e. The highest BCUT2D eigenvalue weighted by atomic mass is 16.4. The van der Waals surface area contributed by atoms with E-state index in [9.17, 15) is 9.59 Å². The highest BCUT2D eigenvalue weighted by molar-refractivity contribution is 5.92. The maximum atomic E-state index is 12.1. The number of imidazole rings is 1. The van der Waals surface area contributed by atoms with Gasteiger partial charge in [0.05, 0.1) is 11.3 Å². The van der Waals surface area contributed by atoms with Gasteiger partial charge in [-0.3, -0.25) is 4.79 Å². The first-order valence-corrected chi connectivity index (χ1v) is 7.60. The maximum absolute atomic E-state index is 12.1. The van der Waals surface area contributed by atoms with Crippen LogP contribution in [0.1, 0.15) is 28.2 Å². The second kappa shape index (κ2) is 6.54. The minimum atomic E-state index is -0.990. The highest BCUT2D eigenvalue weighted by Crippen LogP contribution is 2.15. The lowest BCUT2D eigenvalue weighted by molar-refractivity contribution is -0.116. The van der Waals surface area contributed by atoms with Gasteiger partial charge in [-0.2, -0.15) is 0 Å². The number of aromatic nitrogens is 2. The van der Waals surface area contributed by atoms with Crippen molar-refractivity contribution in [1.82, 2.24) is 9.38 Å². The number of fused-ring (bicyclic) bond motifs is 1. The van der Waals surface area contributed by atoms with Gasteiger partial charge in [0, 0.05) is 24.0 Å². The monoisotopic (exact) mass is 323 g/mol. The number of carbonyl (C=O) groups is 2. The van der Waals surface area contributed by atoms with Crippen LogP contribution < -0.4 is 5.32 Å². The molecular weight excluding hydrogens is 306 g/mol. The van der Waals surface area contributed by atoms with Crippen LogP contribution >= 0.6 is 0 Å². The molecule has 0 saturated carbocycles. The number of pyridine rings is 1. The number of anilines is 1. The van der Waals surface area contributed by atoms with Crippen molar-refractivity contribution < 1.29 is 14.7 Å². The number of aromatic carboxylic acids is 1. The normalized spacial score (nSPS) is 10.7. The average Bonchev–Trinajstić information content (AvgIpc) is 2.88. The van der Waals surface area contributed by atoms with Gasteiger partial charge >= 0.3 is 5.97 Å². The Morgan fingerprint density at radius 2 is 1.92 bits per heavy atom. The zero-order chi connectivity index (χ0) is 17.1. The van der Waals surface area contributed by atoms with E-state index < -0.39 is 5.97 Å². The van der Waals surface area contributed by atoms with Gasteiger partial charge < -0.3 is 14.8 Å². The van der Waals surface area contributed by atoms with Crippen molar-refractivity contribution in [2.75, 3.05) is 5.32 Å². The Balaban J connectivity index is 1.64. The summed E-state index contributed by atoms with van der Waals surface area (Å²) < 4.78 is 1.99. The van der Waals surface area contributed by atoms with Crippen molar-refractivity contribution in [2.24, 2.45) is 0 Å². The quantitative estimate of drug-likeness (QED) is 0.756. The van der Waals surface area contributed by atoms with E-state index in [0.29, 0.717) is 18.5 Å². The van der Waals surface area contributed by atoms with Crippen molar-refractivity contribution in [2.45, 2.75) is 19.8 Å². The smallest absolute Gasteiger partial charge is 0.335 e. The molecule has 1 amide bonds.